The van der Waals surface area contributed by atoms with Crippen molar-refractivity contribution in [3.8, 4) is 0 Å². The van der Waals surface area contributed by atoms with E-state index in [1.807, 2.05) is 13.8 Å². The molecule has 0 aromatic heterocycles. The highest BCUT2D eigenvalue weighted by molar-refractivity contribution is 6.03. The van der Waals surface area contributed by atoms with Gasteiger partial charge < -0.3 is 0 Å². The SMILES string of the molecule is CCC1(CC)NCC(=O)NC1=O. The van der Waals surface area contributed by atoms with Crippen LogP contribution in [0.4, 0.5) is 0 Å². The topological polar surface area (TPSA) is 58.2 Å². The molecular weight excluding hydrogens is 156 g/mol. The van der Waals surface area contributed by atoms with Gasteiger partial charge in [-0.3, -0.25) is 20.2 Å². The summed E-state index contributed by atoms with van der Waals surface area (Å²) in [5.74, 6) is -0.429. The number of hydrogen-bond acceptors (Lipinski definition) is 3. The molecule has 0 spiro atoms. The summed E-state index contributed by atoms with van der Waals surface area (Å²) in [6.45, 7) is 4.12. The van der Waals surface area contributed by atoms with Crippen LogP contribution in [-0.4, -0.2) is 23.9 Å². The largest absolute Gasteiger partial charge is 0.295 e. The summed E-state index contributed by atoms with van der Waals surface area (Å²) in [4.78, 5) is 22.2. The van der Waals surface area contributed by atoms with Crippen LogP contribution in [0.2, 0.25) is 0 Å². The van der Waals surface area contributed by atoms with E-state index in [1.54, 1.807) is 0 Å². The van der Waals surface area contributed by atoms with Crippen LogP contribution in [0.1, 0.15) is 26.7 Å². The van der Waals surface area contributed by atoms with Crippen molar-refractivity contribution in [3.63, 3.8) is 0 Å². The average molecular weight is 170 g/mol. The first-order valence-corrected chi connectivity index (χ1v) is 4.24. The zero-order chi connectivity index (χ0) is 9.19. The van der Waals surface area contributed by atoms with E-state index >= 15 is 0 Å². The van der Waals surface area contributed by atoms with Crippen LogP contribution >= 0.6 is 0 Å². The van der Waals surface area contributed by atoms with Gasteiger partial charge in [0.25, 0.3) is 0 Å². The fraction of sp³-hybridized carbons (Fsp3) is 0.750. The van der Waals surface area contributed by atoms with Gasteiger partial charge in [-0.2, -0.15) is 0 Å². The Morgan fingerprint density at radius 3 is 2.33 bits per heavy atom. The molecule has 4 heteroatoms. The molecule has 0 radical (unpaired) electrons. The minimum atomic E-state index is -0.520. The van der Waals surface area contributed by atoms with Crippen molar-refractivity contribution >= 4 is 11.8 Å². The zero-order valence-electron chi connectivity index (χ0n) is 7.44. The van der Waals surface area contributed by atoms with E-state index in [1.165, 1.54) is 0 Å². The van der Waals surface area contributed by atoms with Gasteiger partial charge in [0.15, 0.2) is 0 Å². The molecule has 4 nitrogen and oxygen atoms in total. The van der Waals surface area contributed by atoms with Gasteiger partial charge in [-0.15, -0.1) is 0 Å². The molecule has 1 rings (SSSR count). The summed E-state index contributed by atoms with van der Waals surface area (Å²) in [6, 6.07) is 0. The van der Waals surface area contributed by atoms with Crippen LogP contribution in [0, 0.1) is 0 Å². The number of piperazine rings is 1. The van der Waals surface area contributed by atoms with Crippen LogP contribution < -0.4 is 10.6 Å². The van der Waals surface area contributed by atoms with Gasteiger partial charge in [-0.25, -0.2) is 0 Å². The third-order valence-corrected chi connectivity index (χ3v) is 2.48. The van der Waals surface area contributed by atoms with Crippen molar-refractivity contribution in [1.29, 1.82) is 0 Å². The fourth-order valence-electron chi connectivity index (χ4n) is 1.44. The van der Waals surface area contributed by atoms with Crippen molar-refractivity contribution in [1.82, 2.24) is 10.6 Å². The molecule has 2 amide bonds. The van der Waals surface area contributed by atoms with Gasteiger partial charge in [0.2, 0.25) is 11.8 Å². The molecule has 1 aliphatic heterocycles. The van der Waals surface area contributed by atoms with Crippen molar-refractivity contribution in [2.75, 3.05) is 6.54 Å². The lowest BCUT2D eigenvalue weighted by atomic mass is 9.90. The highest BCUT2D eigenvalue weighted by atomic mass is 16.2. The van der Waals surface area contributed by atoms with E-state index in [0.717, 1.165) is 0 Å². The summed E-state index contributed by atoms with van der Waals surface area (Å²) >= 11 is 0. The van der Waals surface area contributed by atoms with Crippen LogP contribution in [0.3, 0.4) is 0 Å². The number of amides is 2. The molecule has 0 saturated carbocycles. The van der Waals surface area contributed by atoms with Crippen molar-refractivity contribution in [2.24, 2.45) is 0 Å². The Morgan fingerprint density at radius 2 is 1.92 bits per heavy atom. The summed E-state index contributed by atoms with van der Waals surface area (Å²) in [7, 11) is 0. The highest BCUT2D eigenvalue weighted by Crippen LogP contribution is 2.16. The molecule has 1 saturated heterocycles. The van der Waals surface area contributed by atoms with Crippen molar-refractivity contribution < 1.29 is 9.59 Å². The number of nitrogens with one attached hydrogen (secondary N) is 2. The van der Waals surface area contributed by atoms with Crippen molar-refractivity contribution in [3.05, 3.63) is 0 Å². The van der Waals surface area contributed by atoms with Crippen LogP contribution in [0.5, 0.6) is 0 Å². The number of imide groups is 1. The Balaban J connectivity index is 2.77. The van der Waals surface area contributed by atoms with Gasteiger partial charge >= 0.3 is 0 Å². The van der Waals surface area contributed by atoms with E-state index in [0.29, 0.717) is 12.8 Å². The predicted octanol–water partition coefficient (Wildman–Crippen LogP) is -0.209. The lowest BCUT2D eigenvalue weighted by molar-refractivity contribution is -0.138. The van der Waals surface area contributed by atoms with Crippen LogP contribution in [-0.2, 0) is 9.59 Å². The minimum Gasteiger partial charge on any atom is -0.295 e. The third kappa shape index (κ3) is 1.34. The minimum absolute atomic E-state index is 0.191. The van der Waals surface area contributed by atoms with Gasteiger partial charge in [-0.1, -0.05) is 13.8 Å². The van der Waals surface area contributed by atoms with E-state index < -0.39 is 5.54 Å². The monoisotopic (exact) mass is 170 g/mol. The smallest absolute Gasteiger partial charge is 0.246 e. The number of carbonyl (C=O) groups excluding carboxylic acids is 2. The molecule has 0 atom stereocenters. The Hall–Kier alpha value is -0.900. The molecule has 0 aromatic rings. The van der Waals surface area contributed by atoms with E-state index in [9.17, 15) is 9.59 Å². The van der Waals surface area contributed by atoms with Gasteiger partial charge in [-0.05, 0) is 12.8 Å². The summed E-state index contributed by atoms with van der Waals surface area (Å²) in [5, 5.41) is 5.30. The second kappa shape index (κ2) is 3.23. The first-order valence-electron chi connectivity index (χ1n) is 4.24. The molecule has 0 bridgehead atoms. The fourth-order valence-corrected chi connectivity index (χ4v) is 1.44. The first kappa shape index (κ1) is 9.19. The molecule has 1 heterocycles. The normalized spacial score (nSPS) is 22.2. The summed E-state index contributed by atoms with van der Waals surface area (Å²) in [5.41, 5.74) is -0.520. The maximum Gasteiger partial charge on any atom is 0.246 e. The Morgan fingerprint density at radius 1 is 1.33 bits per heavy atom. The number of rotatable bonds is 2. The lowest BCUT2D eigenvalue weighted by Crippen LogP contribution is -2.64. The highest BCUT2D eigenvalue weighted by Gasteiger charge is 2.38. The Labute approximate surface area is 71.7 Å². The molecule has 0 unspecified atom stereocenters. The average Bonchev–Trinajstić information content (AvgIpc) is 2.06. The molecule has 12 heavy (non-hydrogen) atoms. The molecule has 0 aromatic carbocycles. The summed E-state index contributed by atoms with van der Waals surface area (Å²) in [6.07, 6.45) is 1.42. The lowest BCUT2D eigenvalue weighted by Gasteiger charge is -2.34. The summed E-state index contributed by atoms with van der Waals surface area (Å²) < 4.78 is 0. The molecule has 2 N–H and O–H groups in total. The second-order valence-corrected chi connectivity index (χ2v) is 3.02. The second-order valence-electron chi connectivity index (χ2n) is 3.02. The Bertz CT molecular complexity index is 209. The van der Waals surface area contributed by atoms with Gasteiger partial charge in [0.05, 0.1) is 12.1 Å². The van der Waals surface area contributed by atoms with E-state index in [4.69, 9.17) is 0 Å². The maximum atomic E-state index is 11.4. The van der Waals surface area contributed by atoms with E-state index in [-0.39, 0.29) is 18.4 Å². The third-order valence-electron chi connectivity index (χ3n) is 2.48. The Kier molecular flexibility index (Phi) is 2.47. The molecule has 1 fully saturated rings. The van der Waals surface area contributed by atoms with Crippen LogP contribution in [0.15, 0.2) is 0 Å². The van der Waals surface area contributed by atoms with Crippen molar-refractivity contribution in [2.45, 2.75) is 32.2 Å². The quantitative estimate of drug-likeness (QED) is 0.564. The molecule has 0 aliphatic carbocycles. The number of carbonyl (C=O) groups is 2. The molecule has 1 aliphatic rings. The number of hydrogen-bond donors (Lipinski definition) is 2. The van der Waals surface area contributed by atoms with E-state index in [2.05, 4.69) is 10.6 Å². The van der Waals surface area contributed by atoms with Crippen LogP contribution in [0.25, 0.3) is 0 Å². The standard InChI is InChI=1S/C8H14N2O2/c1-3-8(4-2)7(12)10-6(11)5-9-8/h9H,3-5H2,1-2H3,(H,10,11,12). The zero-order valence-corrected chi connectivity index (χ0v) is 7.44. The maximum absolute atomic E-state index is 11.4. The molecular formula is C8H14N2O2. The predicted molar refractivity (Wildman–Crippen MR) is 44.5 cm³/mol. The first-order chi connectivity index (χ1) is 5.64. The molecule has 68 valence electrons. The van der Waals surface area contributed by atoms with Gasteiger partial charge in [0, 0.05) is 0 Å². The van der Waals surface area contributed by atoms with Gasteiger partial charge in [0.1, 0.15) is 0 Å².